The summed E-state index contributed by atoms with van der Waals surface area (Å²) in [7, 11) is 2.93. The zero-order chi connectivity index (χ0) is 35.6. The van der Waals surface area contributed by atoms with E-state index in [4.69, 9.17) is 50.4 Å². The second-order valence-corrected chi connectivity index (χ2v) is 10.5. The molecule has 6 N–H and O–H groups in total. The van der Waals surface area contributed by atoms with Gasteiger partial charge in [0.15, 0.2) is 11.5 Å². The van der Waals surface area contributed by atoms with Gasteiger partial charge < -0.3 is 45.2 Å². The number of aryl methyl sites for hydroxylation is 2. The first-order valence-electron chi connectivity index (χ1n) is 12.6. The molecule has 17 heteroatoms. The Morgan fingerprint density at radius 3 is 1.20 bits per heavy atom. The highest BCUT2D eigenvalue weighted by Crippen LogP contribution is 2.43. The zero-order valence-corrected chi connectivity index (χ0v) is 27.8. The van der Waals surface area contributed by atoms with E-state index >= 15 is 0 Å². The van der Waals surface area contributed by atoms with Crippen molar-refractivity contribution in [3.63, 3.8) is 0 Å². The summed E-state index contributed by atoms with van der Waals surface area (Å²) in [6.07, 6.45) is 0. The van der Waals surface area contributed by atoms with Gasteiger partial charge >= 0.3 is 21.2 Å². The maximum atomic E-state index is 10.5. The van der Waals surface area contributed by atoms with Crippen LogP contribution in [0.15, 0.2) is 36.4 Å². The molecule has 0 aliphatic carbocycles. The number of phenolic OH excluding ortho intramolecular Hbond substituents is 6. The van der Waals surface area contributed by atoms with Crippen LogP contribution in [0.25, 0.3) is 0 Å². The Kier molecular flexibility index (Phi) is 20.0. The van der Waals surface area contributed by atoms with Crippen molar-refractivity contribution in [3.8, 4) is 40.2 Å². The van der Waals surface area contributed by atoms with Crippen LogP contribution in [0.5, 0.6) is 40.2 Å². The first kappa shape index (κ1) is 42.6. The molecule has 0 amide bonds. The van der Waals surface area contributed by atoms with E-state index in [-0.39, 0.29) is 34.5 Å². The van der Waals surface area contributed by atoms with Gasteiger partial charge in [0.2, 0.25) is 0 Å². The van der Waals surface area contributed by atoms with Crippen molar-refractivity contribution in [1.82, 2.24) is 9.80 Å². The first-order valence-corrected chi connectivity index (χ1v) is 14.6. The molecule has 0 atom stereocenters. The molecular weight excluding hydrogens is 636 g/mol. The van der Waals surface area contributed by atoms with Gasteiger partial charge in [-0.3, -0.25) is 0 Å². The number of methoxy groups -OCH3 is 1. The molecule has 0 radical (unpaired) electrons. The number of nitrogens with zero attached hydrogens (tertiary/aromatic N) is 2. The minimum Gasteiger partial charge on any atom is -0.508 e. The lowest BCUT2D eigenvalue weighted by molar-refractivity contribution is 0.329. The third kappa shape index (κ3) is 18.0. The van der Waals surface area contributed by atoms with E-state index in [0.29, 0.717) is 41.1 Å². The van der Waals surface area contributed by atoms with Crippen molar-refractivity contribution in [2.45, 2.75) is 33.9 Å². The summed E-state index contributed by atoms with van der Waals surface area (Å²) in [4.78, 5) is 3.87. The normalized spacial score (nSPS) is 9.64. The largest absolute Gasteiger partial charge is 0.508 e. The highest BCUT2D eigenvalue weighted by atomic mass is 32.2. The summed E-state index contributed by atoms with van der Waals surface area (Å²) in [5, 5.41) is 56.2. The number of hydrogen-bond donors (Lipinski definition) is 6. The Balaban J connectivity index is 0. The lowest BCUT2D eigenvalue weighted by Gasteiger charge is -2.22. The predicted molar refractivity (Wildman–Crippen MR) is 164 cm³/mol. The molecule has 252 valence electrons. The summed E-state index contributed by atoms with van der Waals surface area (Å²) in [5.41, 5.74) is 3.39. The van der Waals surface area contributed by atoms with E-state index < -0.39 is 21.2 Å². The van der Waals surface area contributed by atoms with E-state index in [1.54, 1.807) is 20.8 Å². The highest BCUT2D eigenvalue weighted by molar-refractivity contribution is 7.59. The Morgan fingerprint density at radius 1 is 0.600 bits per heavy atom. The molecule has 0 aromatic heterocycles. The molecule has 0 heterocycles. The fourth-order valence-electron chi connectivity index (χ4n) is 3.40. The molecule has 0 saturated heterocycles. The summed E-state index contributed by atoms with van der Waals surface area (Å²) < 4.78 is 55.9. The minimum atomic E-state index is -3.11. The Hall–Kier alpha value is -4.58. The number of rotatable bonds is 5. The van der Waals surface area contributed by atoms with Crippen LogP contribution in [0, 0.1) is 20.8 Å². The van der Waals surface area contributed by atoms with Crippen molar-refractivity contribution < 1.29 is 60.6 Å². The van der Waals surface area contributed by atoms with Crippen LogP contribution in [-0.2, 0) is 34.3 Å². The molecule has 0 saturated carbocycles. The molecule has 0 fully saturated rings. The van der Waals surface area contributed by atoms with Crippen LogP contribution < -0.4 is 4.74 Å². The Morgan fingerprint density at radius 2 is 0.933 bits per heavy atom. The summed E-state index contributed by atoms with van der Waals surface area (Å²) in [5.74, 6) is 1.46. The Bertz CT molecular complexity index is 1520. The second kappa shape index (κ2) is 21.2. The standard InChI is InChI=1S/C14H24N2O3.2C7H8O2.2O3S/c1-9-10(7-15(2)3)13(18)11(8-16(4)5)14(19-6)12(9)17;2*1-5-4-6(8)2-3-7(5)9;2*1-4(2)3/h17-18H,7-8H2,1-6H3;2*2-4,8-9H,1H3;;. The molecule has 3 rings (SSSR count). The lowest BCUT2D eigenvalue weighted by atomic mass is 9.99. The van der Waals surface area contributed by atoms with Gasteiger partial charge in [0.25, 0.3) is 0 Å². The molecule has 0 aliphatic rings. The van der Waals surface area contributed by atoms with Crippen molar-refractivity contribution in [2.75, 3.05) is 35.3 Å². The second-order valence-electron chi connectivity index (χ2n) is 9.64. The van der Waals surface area contributed by atoms with Crippen LogP contribution >= 0.6 is 0 Å². The topological polar surface area (TPSA) is 240 Å². The summed E-state index contributed by atoms with van der Waals surface area (Å²) in [6, 6.07) is 8.84. The smallest absolute Gasteiger partial charge is 0.425 e. The number of ether oxygens (including phenoxy) is 1. The van der Waals surface area contributed by atoms with E-state index in [0.717, 1.165) is 5.56 Å². The van der Waals surface area contributed by atoms with Gasteiger partial charge in [-0.25, -0.2) is 0 Å². The quantitative estimate of drug-likeness (QED) is 0.213. The number of phenols is 6. The fraction of sp³-hybridized carbons (Fsp3) is 0.357. The summed E-state index contributed by atoms with van der Waals surface area (Å²) in [6.45, 7) is 6.32. The lowest BCUT2D eigenvalue weighted by Crippen LogP contribution is -2.16. The zero-order valence-electron chi connectivity index (χ0n) is 26.1. The Labute approximate surface area is 264 Å². The van der Waals surface area contributed by atoms with Gasteiger partial charge in [-0.15, -0.1) is 25.3 Å². The van der Waals surface area contributed by atoms with Crippen LogP contribution in [0.4, 0.5) is 0 Å². The predicted octanol–water partition coefficient (Wildman–Crippen LogP) is 2.34. The van der Waals surface area contributed by atoms with E-state index in [1.807, 2.05) is 38.0 Å². The van der Waals surface area contributed by atoms with Crippen molar-refractivity contribution in [1.29, 1.82) is 0 Å². The van der Waals surface area contributed by atoms with E-state index in [1.165, 1.54) is 43.5 Å². The number of hydrogen-bond acceptors (Lipinski definition) is 15. The third-order valence-electron chi connectivity index (χ3n) is 5.38. The maximum Gasteiger partial charge on any atom is 0.425 e. The molecule has 3 aromatic rings. The summed E-state index contributed by atoms with van der Waals surface area (Å²) >= 11 is 0. The minimum absolute atomic E-state index is 0.106. The maximum absolute atomic E-state index is 10.5. The van der Waals surface area contributed by atoms with Gasteiger partial charge in [-0.2, -0.15) is 0 Å². The molecule has 0 unspecified atom stereocenters. The molecule has 15 nitrogen and oxygen atoms in total. The third-order valence-corrected chi connectivity index (χ3v) is 5.38. The van der Waals surface area contributed by atoms with Crippen LogP contribution in [0.3, 0.4) is 0 Å². The average Bonchev–Trinajstić information content (AvgIpc) is 2.90. The number of benzene rings is 3. The van der Waals surface area contributed by atoms with Crippen LogP contribution in [0.2, 0.25) is 0 Å². The SMILES string of the molecule is COc1c(O)c(C)c(CN(C)C)c(O)c1CN(C)C.Cc1cc(O)ccc1O.Cc1cc(O)ccc1O.O=S(=O)=O.O=S(=O)=O. The van der Waals surface area contributed by atoms with Gasteiger partial charge in [0.05, 0.1) is 12.7 Å². The van der Waals surface area contributed by atoms with Gasteiger partial charge in [0.1, 0.15) is 28.7 Å². The van der Waals surface area contributed by atoms with Gasteiger partial charge in [-0.1, -0.05) is 0 Å². The fourth-order valence-corrected chi connectivity index (χ4v) is 3.40. The van der Waals surface area contributed by atoms with E-state index in [9.17, 15) is 10.2 Å². The van der Waals surface area contributed by atoms with Crippen LogP contribution in [0.1, 0.15) is 27.8 Å². The molecule has 45 heavy (non-hydrogen) atoms. The molecule has 3 aromatic carbocycles. The first-order chi connectivity index (χ1) is 20.7. The number of aromatic hydroxyl groups is 6. The van der Waals surface area contributed by atoms with Crippen molar-refractivity contribution in [2.24, 2.45) is 0 Å². The molecule has 0 spiro atoms. The molecule has 0 bridgehead atoms. The molecular formula is C28H40N2O13S2. The van der Waals surface area contributed by atoms with Gasteiger partial charge in [0, 0.05) is 24.2 Å². The average molecular weight is 677 g/mol. The van der Waals surface area contributed by atoms with Crippen molar-refractivity contribution >= 4 is 21.2 Å². The van der Waals surface area contributed by atoms with Gasteiger partial charge in [-0.05, 0) is 96.5 Å². The highest BCUT2D eigenvalue weighted by Gasteiger charge is 2.22. The van der Waals surface area contributed by atoms with Crippen LogP contribution in [-0.4, -0.2) is 101 Å². The monoisotopic (exact) mass is 676 g/mol. The molecule has 0 aliphatic heterocycles. The van der Waals surface area contributed by atoms with Crippen molar-refractivity contribution in [3.05, 3.63) is 64.2 Å². The van der Waals surface area contributed by atoms with E-state index in [2.05, 4.69) is 0 Å².